The third kappa shape index (κ3) is 2.07. The molecule has 0 aliphatic heterocycles. The Hall–Kier alpha value is -3.01. The highest BCUT2D eigenvalue weighted by Crippen LogP contribution is 2.36. The monoisotopic (exact) mass is 272 g/mol. The molecule has 0 bridgehead atoms. The van der Waals surface area contributed by atoms with Crippen LogP contribution in [-0.4, -0.2) is 20.6 Å². The lowest BCUT2D eigenvalue weighted by atomic mass is 9.94. The van der Waals surface area contributed by atoms with Gasteiger partial charge in [-0.3, -0.25) is 0 Å². The van der Waals surface area contributed by atoms with Crippen molar-refractivity contribution in [1.82, 2.24) is 20.6 Å². The number of rotatable bonds is 1. The summed E-state index contributed by atoms with van der Waals surface area (Å²) in [6.45, 7) is 0. The lowest BCUT2D eigenvalue weighted by Crippen LogP contribution is -1.88. The second-order valence-electron chi connectivity index (χ2n) is 4.85. The lowest BCUT2D eigenvalue weighted by molar-refractivity contribution is 0.881. The van der Waals surface area contributed by atoms with Crippen LogP contribution in [-0.2, 0) is 0 Å². The Morgan fingerprint density at radius 2 is 1.57 bits per heavy atom. The number of nitrogens with one attached hydrogen (secondary N) is 1. The molecule has 0 atom stereocenters. The summed E-state index contributed by atoms with van der Waals surface area (Å²) in [6.07, 6.45) is 6.19. The highest BCUT2D eigenvalue weighted by molar-refractivity contribution is 5.98. The van der Waals surface area contributed by atoms with E-state index >= 15 is 0 Å². The first-order valence-corrected chi connectivity index (χ1v) is 6.74. The predicted molar refractivity (Wildman–Crippen MR) is 83.0 cm³/mol. The molecule has 0 saturated heterocycles. The second kappa shape index (κ2) is 4.83. The molecule has 1 aromatic heterocycles. The van der Waals surface area contributed by atoms with Gasteiger partial charge in [0, 0.05) is 0 Å². The molecular formula is C17H12N4. The van der Waals surface area contributed by atoms with Crippen molar-refractivity contribution >= 4 is 17.7 Å². The van der Waals surface area contributed by atoms with Crippen molar-refractivity contribution < 1.29 is 0 Å². The van der Waals surface area contributed by atoms with Gasteiger partial charge in [-0.05, 0) is 44.3 Å². The van der Waals surface area contributed by atoms with Crippen molar-refractivity contribution in [2.45, 2.75) is 0 Å². The topological polar surface area (TPSA) is 54.5 Å². The highest BCUT2D eigenvalue weighted by atomic mass is 15.5. The molecule has 1 heterocycles. The molecule has 1 N–H and O–H groups in total. The summed E-state index contributed by atoms with van der Waals surface area (Å²) in [7, 11) is 0. The number of aromatic amines is 1. The summed E-state index contributed by atoms with van der Waals surface area (Å²) in [5.41, 5.74) is 5.93. The quantitative estimate of drug-likeness (QED) is 0.738. The second-order valence-corrected chi connectivity index (χ2v) is 4.85. The van der Waals surface area contributed by atoms with Crippen LogP contribution in [0.4, 0.5) is 0 Å². The molecule has 3 aromatic rings. The number of benzene rings is 2. The minimum absolute atomic E-state index is 0.649. The van der Waals surface area contributed by atoms with E-state index in [1.807, 2.05) is 12.1 Å². The smallest absolute Gasteiger partial charge is 0.172 e. The van der Waals surface area contributed by atoms with Crippen LogP contribution in [0.3, 0.4) is 0 Å². The van der Waals surface area contributed by atoms with Gasteiger partial charge >= 0.3 is 0 Å². The lowest BCUT2D eigenvalue weighted by Gasteiger charge is -2.09. The van der Waals surface area contributed by atoms with E-state index in [1.54, 1.807) is 0 Å². The van der Waals surface area contributed by atoms with Crippen LogP contribution in [0.25, 0.3) is 28.9 Å². The van der Waals surface area contributed by atoms with Crippen LogP contribution in [0, 0.1) is 0 Å². The zero-order valence-corrected chi connectivity index (χ0v) is 11.2. The third-order valence-corrected chi connectivity index (χ3v) is 3.59. The van der Waals surface area contributed by atoms with E-state index in [0.29, 0.717) is 5.82 Å². The van der Waals surface area contributed by atoms with Gasteiger partial charge in [0.25, 0.3) is 0 Å². The average molecular weight is 272 g/mol. The molecule has 2 aromatic carbocycles. The van der Waals surface area contributed by atoms with E-state index in [-0.39, 0.29) is 0 Å². The first kappa shape index (κ1) is 11.8. The van der Waals surface area contributed by atoms with Gasteiger partial charge < -0.3 is 0 Å². The number of H-pyrrole nitrogens is 1. The van der Waals surface area contributed by atoms with Crippen LogP contribution in [0.2, 0.25) is 0 Å². The van der Waals surface area contributed by atoms with E-state index in [4.69, 9.17) is 0 Å². The summed E-state index contributed by atoms with van der Waals surface area (Å²) in [5.74, 6) is 0.649. The van der Waals surface area contributed by atoms with Crippen LogP contribution < -0.4 is 0 Å². The van der Waals surface area contributed by atoms with Crippen molar-refractivity contribution in [2.24, 2.45) is 0 Å². The van der Waals surface area contributed by atoms with Crippen molar-refractivity contribution in [3.63, 3.8) is 0 Å². The van der Waals surface area contributed by atoms with Crippen molar-refractivity contribution in [1.29, 1.82) is 0 Å². The molecule has 100 valence electrons. The van der Waals surface area contributed by atoms with Gasteiger partial charge in [-0.1, -0.05) is 60.7 Å². The third-order valence-electron chi connectivity index (χ3n) is 3.59. The van der Waals surface area contributed by atoms with Gasteiger partial charge in [0.05, 0.1) is 0 Å². The van der Waals surface area contributed by atoms with Crippen molar-refractivity contribution in [3.8, 4) is 11.1 Å². The van der Waals surface area contributed by atoms with Gasteiger partial charge in [-0.2, -0.15) is 0 Å². The summed E-state index contributed by atoms with van der Waals surface area (Å²) < 4.78 is 0. The van der Waals surface area contributed by atoms with Crippen LogP contribution in [0.1, 0.15) is 17.0 Å². The summed E-state index contributed by atoms with van der Waals surface area (Å²) in [5, 5.41) is 13.9. The number of fused-ring (bicyclic) bond motifs is 3. The normalized spacial score (nSPS) is 14.6. The molecule has 21 heavy (non-hydrogen) atoms. The Labute approximate surface area is 121 Å². The molecule has 1 aliphatic rings. The Bertz CT molecular complexity index is 845. The Morgan fingerprint density at radius 1 is 0.810 bits per heavy atom. The van der Waals surface area contributed by atoms with Gasteiger partial charge in [0.2, 0.25) is 0 Å². The Kier molecular flexibility index (Phi) is 2.71. The molecule has 4 nitrogen and oxygen atoms in total. The van der Waals surface area contributed by atoms with Crippen LogP contribution >= 0.6 is 0 Å². The highest BCUT2D eigenvalue weighted by Gasteiger charge is 2.13. The Balaban J connectivity index is 1.97. The SMILES string of the molecule is C1=Cc2ccccc2-c2ccccc2C1=Cc1nnn[nH]1. The largest absolute Gasteiger partial charge is 0.239 e. The van der Waals surface area contributed by atoms with Gasteiger partial charge in [0.1, 0.15) is 0 Å². The standard InChI is InChI=1S/C17H12N4/c1-2-6-14-12(5-1)9-10-13(11-17-18-20-21-19-17)15-7-3-4-8-16(14)15/h1-11H,(H,18,19,20,21). The van der Waals surface area contributed by atoms with E-state index < -0.39 is 0 Å². The van der Waals surface area contributed by atoms with E-state index in [2.05, 4.69) is 75.2 Å². The van der Waals surface area contributed by atoms with Gasteiger partial charge in [-0.15, -0.1) is 5.10 Å². The molecule has 0 fully saturated rings. The molecule has 4 heteroatoms. The van der Waals surface area contributed by atoms with Crippen LogP contribution in [0.15, 0.2) is 54.6 Å². The molecule has 4 rings (SSSR count). The number of hydrogen-bond donors (Lipinski definition) is 1. The zero-order chi connectivity index (χ0) is 14.1. The molecular weight excluding hydrogens is 260 g/mol. The van der Waals surface area contributed by atoms with Crippen molar-refractivity contribution in [2.75, 3.05) is 0 Å². The summed E-state index contributed by atoms with van der Waals surface area (Å²) >= 11 is 0. The van der Waals surface area contributed by atoms with E-state index in [9.17, 15) is 0 Å². The van der Waals surface area contributed by atoms with E-state index in [0.717, 1.165) is 5.57 Å². The van der Waals surface area contributed by atoms with Gasteiger partial charge in [-0.25, -0.2) is 5.10 Å². The number of aromatic nitrogens is 4. The number of allylic oxidation sites excluding steroid dienone is 2. The molecule has 0 unspecified atom stereocenters. The first-order chi connectivity index (χ1) is 10.4. The molecule has 0 amide bonds. The fourth-order valence-corrected chi connectivity index (χ4v) is 2.63. The maximum atomic E-state index is 3.94. The van der Waals surface area contributed by atoms with Crippen molar-refractivity contribution in [3.05, 3.63) is 71.6 Å². The average Bonchev–Trinajstić information content (AvgIpc) is 2.99. The zero-order valence-electron chi connectivity index (χ0n) is 11.2. The number of nitrogens with zero attached hydrogens (tertiary/aromatic N) is 3. The molecule has 0 spiro atoms. The maximum Gasteiger partial charge on any atom is 0.172 e. The molecule has 1 aliphatic carbocycles. The minimum atomic E-state index is 0.649. The summed E-state index contributed by atoms with van der Waals surface area (Å²) in [4.78, 5) is 0. The molecule has 0 radical (unpaired) electrons. The fourth-order valence-electron chi connectivity index (χ4n) is 2.63. The fraction of sp³-hybridized carbons (Fsp3) is 0. The maximum absolute atomic E-state index is 3.94. The first-order valence-electron chi connectivity index (χ1n) is 6.74. The number of hydrogen-bond acceptors (Lipinski definition) is 3. The minimum Gasteiger partial charge on any atom is -0.239 e. The van der Waals surface area contributed by atoms with Gasteiger partial charge in [0.15, 0.2) is 5.82 Å². The number of tetrazole rings is 1. The van der Waals surface area contributed by atoms with Crippen LogP contribution in [0.5, 0.6) is 0 Å². The van der Waals surface area contributed by atoms with E-state index in [1.165, 1.54) is 22.3 Å². The predicted octanol–water partition coefficient (Wildman–Crippen LogP) is 3.43. The molecule has 0 saturated carbocycles. The summed E-state index contributed by atoms with van der Waals surface area (Å²) in [6, 6.07) is 16.8. The Morgan fingerprint density at radius 3 is 2.38 bits per heavy atom.